The zero-order valence-electron chi connectivity index (χ0n) is 14.6. The van der Waals surface area contributed by atoms with Crippen molar-refractivity contribution >= 4 is 56.3 Å². The molecule has 138 valence electrons. The van der Waals surface area contributed by atoms with Gasteiger partial charge in [-0.3, -0.25) is 4.79 Å². The van der Waals surface area contributed by atoms with Gasteiger partial charge in [0.1, 0.15) is 5.00 Å². The average Bonchev–Trinajstić information content (AvgIpc) is 2.99. The van der Waals surface area contributed by atoms with Gasteiger partial charge in [-0.05, 0) is 38.5 Å². The molecule has 0 saturated heterocycles. The number of halogens is 2. The van der Waals surface area contributed by atoms with Crippen molar-refractivity contribution in [1.29, 1.82) is 0 Å². The van der Waals surface area contributed by atoms with E-state index in [1.807, 2.05) is 25.1 Å². The summed E-state index contributed by atoms with van der Waals surface area (Å²) in [4.78, 5) is 20.4. The highest BCUT2D eigenvalue weighted by Crippen LogP contribution is 2.40. The number of hydrogen-bond donors (Lipinski definition) is 1. The lowest BCUT2D eigenvalue weighted by Crippen LogP contribution is -2.31. The summed E-state index contributed by atoms with van der Waals surface area (Å²) in [6.07, 6.45) is 2.56. The second-order valence-electron chi connectivity index (χ2n) is 6.02. The van der Waals surface area contributed by atoms with Crippen LogP contribution in [-0.4, -0.2) is 30.5 Å². The molecular formula is C18H20Cl2N4OS. The Labute approximate surface area is 167 Å². The van der Waals surface area contributed by atoms with Crippen molar-refractivity contribution in [2.45, 2.75) is 20.3 Å². The summed E-state index contributed by atoms with van der Waals surface area (Å²) in [6.45, 7) is 6.21. The highest BCUT2D eigenvalue weighted by molar-refractivity contribution is 7.19. The maximum Gasteiger partial charge on any atom is 0.244 e. The van der Waals surface area contributed by atoms with Crippen LogP contribution >= 0.6 is 34.5 Å². The summed E-state index contributed by atoms with van der Waals surface area (Å²) in [5.41, 5.74) is 7.91. The van der Waals surface area contributed by atoms with Crippen molar-refractivity contribution in [2.24, 2.45) is 5.73 Å². The van der Waals surface area contributed by atoms with Crippen LogP contribution in [0.15, 0.2) is 29.8 Å². The predicted octanol–water partition coefficient (Wildman–Crippen LogP) is 4.54. The van der Waals surface area contributed by atoms with Crippen LogP contribution in [0.3, 0.4) is 0 Å². The molecule has 1 aliphatic heterocycles. The largest absolute Gasteiger partial charge is 0.366 e. The molecule has 0 bridgehead atoms. The van der Waals surface area contributed by atoms with Gasteiger partial charge in [0.25, 0.3) is 0 Å². The van der Waals surface area contributed by atoms with E-state index in [2.05, 4.69) is 16.7 Å². The van der Waals surface area contributed by atoms with Crippen molar-refractivity contribution in [3.8, 4) is 0 Å². The van der Waals surface area contributed by atoms with Crippen LogP contribution in [0.2, 0.25) is 10.0 Å². The lowest BCUT2D eigenvalue weighted by molar-refractivity contribution is -0.114. The molecule has 2 aromatic rings. The number of aromatic nitrogens is 1. The van der Waals surface area contributed by atoms with Crippen molar-refractivity contribution in [3.05, 3.63) is 45.6 Å². The summed E-state index contributed by atoms with van der Waals surface area (Å²) in [5, 5.41) is 3.19. The Morgan fingerprint density at radius 2 is 2.19 bits per heavy atom. The van der Waals surface area contributed by atoms with Gasteiger partial charge in [0.15, 0.2) is 5.13 Å². The second-order valence-corrected chi connectivity index (χ2v) is 7.82. The number of rotatable bonds is 5. The number of carbonyl (C=O) groups excluding carboxylic acids is 1. The van der Waals surface area contributed by atoms with Gasteiger partial charge in [0.2, 0.25) is 5.91 Å². The number of amides is 1. The third kappa shape index (κ3) is 3.82. The summed E-state index contributed by atoms with van der Waals surface area (Å²) < 4.78 is 0. The molecule has 1 aromatic heterocycles. The number of anilines is 3. The SMILES string of the molecule is CCN(c1nc(C)c(N2CC=C(C(N)=O)CC2)s1)c1ccc(Cl)cc1Cl. The first kappa shape index (κ1) is 19.0. The molecule has 2 heterocycles. The highest BCUT2D eigenvalue weighted by Gasteiger charge is 2.22. The third-order valence-corrected chi connectivity index (χ3v) is 6.10. The number of carbonyl (C=O) groups is 1. The third-order valence-electron chi connectivity index (χ3n) is 4.32. The molecule has 1 aliphatic rings. The van der Waals surface area contributed by atoms with E-state index in [1.54, 1.807) is 17.4 Å². The Morgan fingerprint density at radius 3 is 2.77 bits per heavy atom. The Morgan fingerprint density at radius 1 is 1.42 bits per heavy atom. The smallest absolute Gasteiger partial charge is 0.244 e. The highest BCUT2D eigenvalue weighted by atomic mass is 35.5. The number of nitrogens with two attached hydrogens (primary N) is 1. The van der Waals surface area contributed by atoms with Crippen LogP contribution in [0.5, 0.6) is 0 Å². The van der Waals surface area contributed by atoms with Gasteiger partial charge in [-0.15, -0.1) is 0 Å². The van der Waals surface area contributed by atoms with Gasteiger partial charge in [0.05, 0.1) is 16.4 Å². The molecule has 2 N–H and O–H groups in total. The van der Waals surface area contributed by atoms with Gasteiger partial charge in [-0.25, -0.2) is 4.98 Å². The maximum absolute atomic E-state index is 11.3. The number of thiazole rings is 1. The minimum absolute atomic E-state index is 0.332. The Balaban J connectivity index is 1.88. The molecule has 1 aromatic carbocycles. The Kier molecular flexibility index (Phi) is 5.75. The lowest BCUT2D eigenvalue weighted by atomic mass is 10.1. The zero-order valence-corrected chi connectivity index (χ0v) is 17.0. The molecule has 0 fully saturated rings. The number of aryl methyl sites for hydroxylation is 1. The summed E-state index contributed by atoms with van der Waals surface area (Å²) in [7, 11) is 0. The maximum atomic E-state index is 11.3. The van der Waals surface area contributed by atoms with E-state index >= 15 is 0 Å². The summed E-state index contributed by atoms with van der Waals surface area (Å²) >= 11 is 14.0. The second kappa shape index (κ2) is 7.86. The van der Waals surface area contributed by atoms with E-state index in [4.69, 9.17) is 33.9 Å². The molecule has 3 rings (SSSR count). The van der Waals surface area contributed by atoms with Crippen LogP contribution in [0.4, 0.5) is 15.8 Å². The molecule has 26 heavy (non-hydrogen) atoms. The summed E-state index contributed by atoms with van der Waals surface area (Å²) in [5.74, 6) is -0.332. The Hall–Kier alpha value is -1.76. The lowest BCUT2D eigenvalue weighted by Gasteiger charge is -2.26. The normalized spacial score (nSPS) is 14.3. The number of hydrogen-bond acceptors (Lipinski definition) is 5. The van der Waals surface area contributed by atoms with Gasteiger partial charge in [-0.1, -0.05) is 40.6 Å². The molecular weight excluding hydrogens is 391 g/mol. The summed E-state index contributed by atoms with van der Waals surface area (Å²) in [6, 6.07) is 5.48. The molecule has 0 unspecified atom stereocenters. The van der Waals surface area contributed by atoms with E-state index in [0.29, 0.717) is 28.6 Å². The molecule has 0 spiro atoms. The average molecular weight is 411 g/mol. The minimum Gasteiger partial charge on any atom is -0.366 e. The van der Waals surface area contributed by atoms with E-state index in [1.165, 1.54) is 0 Å². The van der Waals surface area contributed by atoms with Crippen LogP contribution in [0.1, 0.15) is 19.0 Å². The van der Waals surface area contributed by atoms with E-state index in [9.17, 15) is 4.79 Å². The van der Waals surface area contributed by atoms with E-state index < -0.39 is 0 Å². The fraction of sp³-hybridized carbons (Fsp3) is 0.333. The molecule has 0 atom stereocenters. The molecule has 1 amide bonds. The van der Waals surface area contributed by atoms with Crippen molar-refractivity contribution in [1.82, 2.24) is 4.98 Å². The van der Waals surface area contributed by atoms with E-state index in [0.717, 1.165) is 34.6 Å². The first-order valence-corrected chi connectivity index (χ1v) is 9.91. The number of benzene rings is 1. The van der Waals surface area contributed by atoms with Crippen LogP contribution in [-0.2, 0) is 4.79 Å². The topological polar surface area (TPSA) is 62.5 Å². The van der Waals surface area contributed by atoms with Gasteiger partial charge >= 0.3 is 0 Å². The van der Waals surface area contributed by atoms with Gasteiger partial charge in [-0.2, -0.15) is 0 Å². The van der Waals surface area contributed by atoms with Crippen LogP contribution in [0.25, 0.3) is 0 Å². The quantitative estimate of drug-likeness (QED) is 0.785. The van der Waals surface area contributed by atoms with Gasteiger partial charge < -0.3 is 15.5 Å². The molecule has 0 saturated carbocycles. The van der Waals surface area contributed by atoms with Crippen molar-refractivity contribution < 1.29 is 4.79 Å². The molecule has 5 nitrogen and oxygen atoms in total. The zero-order chi connectivity index (χ0) is 18.8. The number of primary amides is 1. The Bertz CT molecular complexity index is 865. The molecule has 0 aliphatic carbocycles. The van der Waals surface area contributed by atoms with Crippen molar-refractivity contribution in [2.75, 3.05) is 29.4 Å². The van der Waals surface area contributed by atoms with Gasteiger partial charge in [0, 0.05) is 30.2 Å². The fourth-order valence-electron chi connectivity index (χ4n) is 2.97. The van der Waals surface area contributed by atoms with Crippen LogP contribution in [0, 0.1) is 6.92 Å². The predicted molar refractivity (Wildman–Crippen MR) is 110 cm³/mol. The fourth-order valence-corrected chi connectivity index (χ4v) is 4.66. The first-order chi connectivity index (χ1) is 12.4. The monoisotopic (exact) mass is 410 g/mol. The number of nitrogens with zero attached hydrogens (tertiary/aromatic N) is 3. The van der Waals surface area contributed by atoms with Crippen LogP contribution < -0.4 is 15.5 Å². The first-order valence-electron chi connectivity index (χ1n) is 8.34. The molecule has 0 radical (unpaired) electrons. The van der Waals surface area contributed by atoms with Crippen molar-refractivity contribution in [3.63, 3.8) is 0 Å². The standard InChI is InChI=1S/C18H20Cl2N4OS/c1-3-24(15-5-4-13(19)10-14(15)20)18-22-11(2)17(26-18)23-8-6-12(7-9-23)16(21)25/h4-6,10H,3,7-9H2,1-2H3,(H2,21,25). The van der Waals surface area contributed by atoms with E-state index in [-0.39, 0.29) is 5.91 Å². The molecule has 8 heteroatoms. The minimum atomic E-state index is -0.332.